The average molecular weight is 444 g/mol. The van der Waals surface area contributed by atoms with E-state index in [1.54, 1.807) is 18.2 Å². The van der Waals surface area contributed by atoms with E-state index in [4.69, 9.17) is 51.2 Å². The predicted molar refractivity (Wildman–Crippen MR) is 105 cm³/mol. The van der Waals surface area contributed by atoms with Gasteiger partial charge in [0.25, 0.3) is 5.91 Å². The molecular weight excluding hydrogens is 434 g/mol. The number of hydrogen-bond acceptors (Lipinski definition) is 4. The van der Waals surface area contributed by atoms with E-state index in [0.717, 1.165) is 4.90 Å². The second-order valence-electron chi connectivity index (χ2n) is 6.26. The van der Waals surface area contributed by atoms with Gasteiger partial charge >= 0.3 is 0 Å². The topological polar surface area (TPSA) is 59.0 Å². The monoisotopic (exact) mass is 442 g/mol. The van der Waals surface area contributed by atoms with Crippen LogP contribution in [0.25, 0.3) is 0 Å². The Hall–Kier alpha value is -1.79. The summed E-state index contributed by atoms with van der Waals surface area (Å²) in [6.07, 6.45) is -0.0299. The van der Waals surface area contributed by atoms with Crippen molar-refractivity contribution in [3.05, 3.63) is 62.1 Å². The van der Waals surface area contributed by atoms with Crippen LogP contribution in [0.2, 0.25) is 20.1 Å². The van der Waals surface area contributed by atoms with Crippen LogP contribution in [0, 0.1) is 0 Å². The molecule has 2 aliphatic rings. The van der Waals surface area contributed by atoms with E-state index in [-0.39, 0.29) is 12.8 Å². The number of carbonyl (C=O) groups is 2. The number of oxime groups is 1. The van der Waals surface area contributed by atoms with Crippen molar-refractivity contribution in [2.45, 2.75) is 18.4 Å². The van der Waals surface area contributed by atoms with Gasteiger partial charge in [-0.15, -0.1) is 0 Å². The third kappa shape index (κ3) is 3.19. The zero-order chi connectivity index (χ0) is 19.3. The highest BCUT2D eigenvalue weighted by atomic mass is 35.5. The van der Waals surface area contributed by atoms with Crippen molar-refractivity contribution in [3.63, 3.8) is 0 Å². The van der Waals surface area contributed by atoms with Gasteiger partial charge in [-0.25, -0.2) is 4.90 Å². The van der Waals surface area contributed by atoms with Crippen molar-refractivity contribution < 1.29 is 14.4 Å². The first-order chi connectivity index (χ1) is 12.8. The molecule has 0 aromatic heterocycles. The molecule has 1 unspecified atom stereocenters. The third-order valence-corrected chi connectivity index (χ3v) is 5.39. The molecule has 2 aliphatic heterocycles. The molecule has 2 heterocycles. The minimum atomic E-state index is -1.40. The summed E-state index contributed by atoms with van der Waals surface area (Å²) < 4.78 is 0. The molecule has 9 heteroatoms. The quantitative estimate of drug-likeness (QED) is 0.604. The van der Waals surface area contributed by atoms with E-state index in [2.05, 4.69) is 5.16 Å². The van der Waals surface area contributed by atoms with Gasteiger partial charge in [0.05, 0.1) is 22.8 Å². The lowest BCUT2D eigenvalue weighted by atomic mass is 9.92. The van der Waals surface area contributed by atoms with Gasteiger partial charge in [-0.05, 0) is 30.3 Å². The SMILES string of the molecule is O=C1CC2(CC(c3ccc(Cl)cc3Cl)=NO2)C(=O)N1c1cc(Cl)cc(Cl)c1. The summed E-state index contributed by atoms with van der Waals surface area (Å²) in [4.78, 5) is 32.1. The van der Waals surface area contributed by atoms with Crippen molar-refractivity contribution in [2.24, 2.45) is 5.16 Å². The van der Waals surface area contributed by atoms with Crippen LogP contribution >= 0.6 is 46.4 Å². The van der Waals surface area contributed by atoms with E-state index in [0.29, 0.717) is 37.1 Å². The first-order valence-corrected chi connectivity index (χ1v) is 9.34. The highest BCUT2D eigenvalue weighted by Crippen LogP contribution is 2.41. The molecule has 2 aromatic rings. The first kappa shape index (κ1) is 18.6. The van der Waals surface area contributed by atoms with Crippen molar-refractivity contribution in [2.75, 3.05) is 4.90 Å². The lowest BCUT2D eigenvalue weighted by molar-refractivity contribution is -0.136. The molecule has 1 saturated heterocycles. The molecular formula is C18H10Cl4N2O3. The molecule has 4 rings (SSSR count). The molecule has 0 saturated carbocycles. The highest BCUT2D eigenvalue weighted by molar-refractivity contribution is 6.38. The third-order valence-electron chi connectivity index (χ3n) is 4.41. The fourth-order valence-electron chi connectivity index (χ4n) is 3.20. The Kier molecular flexibility index (Phi) is 4.59. The van der Waals surface area contributed by atoms with Crippen LogP contribution in [0.4, 0.5) is 5.69 Å². The summed E-state index contributed by atoms with van der Waals surface area (Å²) in [7, 11) is 0. The van der Waals surface area contributed by atoms with Gasteiger partial charge in [-0.1, -0.05) is 57.6 Å². The number of rotatable bonds is 2. The van der Waals surface area contributed by atoms with Crippen LogP contribution in [0.15, 0.2) is 41.6 Å². The molecule has 0 bridgehead atoms. The van der Waals surface area contributed by atoms with E-state index in [1.165, 1.54) is 18.2 Å². The number of benzene rings is 2. The molecule has 138 valence electrons. The van der Waals surface area contributed by atoms with Gasteiger partial charge in [-0.3, -0.25) is 9.59 Å². The van der Waals surface area contributed by atoms with Crippen LogP contribution in [-0.4, -0.2) is 23.1 Å². The van der Waals surface area contributed by atoms with Crippen LogP contribution in [0.1, 0.15) is 18.4 Å². The Bertz CT molecular complexity index is 1000. The number of amides is 2. The normalized spacial score (nSPS) is 21.8. The van der Waals surface area contributed by atoms with Crippen molar-refractivity contribution in [1.82, 2.24) is 0 Å². The maximum absolute atomic E-state index is 13.0. The molecule has 1 atom stereocenters. The van der Waals surface area contributed by atoms with Gasteiger partial charge in [0.1, 0.15) is 0 Å². The Balaban J connectivity index is 1.64. The van der Waals surface area contributed by atoms with E-state index < -0.39 is 17.4 Å². The highest BCUT2D eigenvalue weighted by Gasteiger charge is 2.58. The van der Waals surface area contributed by atoms with Gasteiger partial charge < -0.3 is 4.84 Å². The fourth-order valence-corrected chi connectivity index (χ4v) is 4.23. The van der Waals surface area contributed by atoms with Crippen molar-refractivity contribution in [1.29, 1.82) is 0 Å². The van der Waals surface area contributed by atoms with Crippen LogP contribution in [0.3, 0.4) is 0 Å². The number of carbonyl (C=O) groups excluding carboxylic acids is 2. The molecule has 27 heavy (non-hydrogen) atoms. The number of hydrogen-bond donors (Lipinski definition) is 0. The maximum atomic E-state index is 13.0. The van der Waals surface area contributed by atoms with Crippen molar-refractivity contribution >= 4 is 69.6 Å². The van der Waals surface area contributed by atoms with E-state index >= 15 is 0 Å². The van der Waals surface area contributed by atoms with Gasteiger partial charge in [0.2, 0.25) is 11.5 Å². The fraction of sp³-hybridized carbons (Fsp3) is 0.167. The summed E-state index contributed by atoms with van der Waals surface area (Å²) in [5.74, 6) is -0.938. The number of imide groups is 1. The zero-order valence-corrected chi connectivity index (χ0v) is 16.5. The Labute approximate surface area is 174 Å². The zero-order valence-electron chi connectivity index (χ0n) is 13.5. The lowest BCUT2D eigenvalue weighted by Gasteiger charge is -2.19. The van der Waals surface area contributed by atoms with Crippen LogP contribution < -0.4 is 4.90 Å². The smallest absolute Gasteiger partial charge is 0.281 e. The molecule has 5 nitrogen and oxygen atoms in total. The van der Waals surface area contributed by atoms with Crippen molar-refractivity contribution in [3.8, 4) is 0 Å². The van der Waals surface area contributed by atoms with Gasteiger partial charge in [0, 0.05) is 27.1 Å². The minimum absolute atomic E-state index is 0.115. The number of halogens is 4. The average Bonchev–Trinajstić information content (AvgIpc) is 3.08. The van der Waals surface area contributed by atoms with E-state index in [9.17, 15) is 9.59 Å². The summed E-state index contributed by atoms with van der Waals surface area (Å²) in [6.45, 7) is 0. The second kappa shape index (κ2) is 6.67. The summed E-state index contributed by atoms with van der Waals surface area (Å²) in [5, 5.41) is 5.52. The van der Waals surface area contributed by atoms with E-state index in [1.807, 2.05) is 0 Å². The summed E-state index contributed by atoms with van der Waals surface area (Å²) in [5.41, 5.74) is -0.0309. The second-order valence-corrected chi connectivity index (χ2v) is 7.98. The largest absolute Gasteiger partial charge is 0.378 e. The van der Waals surface area contributed by atoms with Crippen LogP contribution in [0.5, 0.6) is 0 Å². The molecule has 0 aliphatic carbocycles. The van der Waals surface area contributed by atoms with Gasteiger partial charge in [0.15, 0.2) is 0 Å². The minimum Gasteiger partial charge on any atom is -0.378 e. The molecule has 1 fully saturated rings. The molecule has 2 aromatic carbocycles. The summed E-state index contributed by atoms with van der Waals surface area (Å²) >= 11 is 24.1. The molecule has 0 N–H and O–H groups in total. The molecule has 0 radical (unpaired) electrons. The summed E-state index contributed by atoms with van der Waals surface area (Å²) in [6, 6.07) is 9.45. The first-order valence-electron chi connectivity index (χ1n) is 7.83. The lowest BCUT2D eigenvalue weighted by Crippen LogP contribution is -2.40. The Morgan fingerprint density at radius 3 is 2.30 bits per heavy atom. The molecule has 1 spiro atoms. The standard InChI is InChI=1S/C18H10Cl4N2O3/c19-9-1-2-13(14(22)6-9)15-7-18(27-23-15)8-16(25)24(17(18)26)12-4-10(20)3-11(21)5-12/h1-6H,7-8H2. The van der Waals surface area contributed by atoms with Gasteiger partial charge in [-0.2, -0.15) is 0 Å². The maximum Gasteiger partial charge on any atom is 0.281 e. The Morgan fingerprint density at radius 1 is 0.926 bits per heavy atom. The number of nitrogens with zero attached hydrogens (tertiary/aromatic N) is 2. The molecule has 2 amide bonds. The predicted octanol–water partition coefficient (Wildman–Crippen LogP) is 5.13. The Morgan fingerprint density at radius 2 is 1.63 bits per heavy atom. The number of anilines is 1. The van der Waals surface area contributed by atoms with Crippen LogP contribution in [-0.2, 0) is 14.4 Å².